The first kappa shape index (κ1) is 16.3. The highest BCUT2D eigenvalue weighted by atomic mass is 16.6. The molecular weight excluding hydrogens is 240 g/mol. The van der Waals surface area contributed by atoms with Gasteiger partial charge in [0.1, 0.15) is 5.60 Å². The van der Waals surface area contributed by atoms with E-state index >= 15 is 0 Å². The fourth-order valence-corrected chi connectivity index (χ4v) is 2.23. The van der Waals surface area contributed by atoms with E-state index in [0.717, 1.165) is 19.4 Å². The van der Waals surface area contributed by atoms with Crippen molar-refractivity contribution >= 4 is 6.09 Å². The zero-order valence-electron chi connectivity index (χ0n) is 12.9. The van der Waals surface area contributed by atoms with Crippen molar-refractivity contribution in [2.45, 2.75) is 83.9 Å². The number of amides is 1. The summed E-state index contributed by atoms with van der Waals surface area (Å²) in [6.45, 7) is 8.98. The van der Waals surface area contributed by atoms with Crippen LogP contribution >= 0.6 is 0 Å². The molecule has 0 aromatic heterocycles. The van der Waals surface area contributed by atoms with Crippen molar-refractivity contribution in [2.24, 2.45) is 0 Å². The van der Waals surface area contributed by atoms with Crippen LogP contribution in [-0.2, 0) is 4.74 Å². The molecule has 0 aromatic carbocycles. The lowest BCUT2D eigenvalue weighted by atomic mass is 9.87. The van der Waals surface area contributed by atoms with Crippen molar-refractivity contribution in [3.8, 4) is 0 Å². The minimum atomic E-state index is -0.412. The smallest absolute Gasteiger partial charge is 0.407 e. The molecule has 0 bridgehead atoms. The average molecular weight is 270 g/mol. The zero-order valence-corrected chi connectivity index (χ0v) is 12.9. The quantitative estimate of drug-likeness (QED) is 0.698. The Labute approximate surface area is 117 Å². The first-order chi connectivity index (χ1) is 8.90. The van der Waals surface area contributed by atoms with Crippen molar-refractivity contribution < 1.29 is 9.53 Å². The lowest BCUT2D eigenvalue weighted by Crippen LogP contribution is -2.53. The normalized spacial score (nSPS) is 22.7. The molecule has 4 heteroatoms. The van der Waals surface area contributed by atoms with Gasteiger partial charge in [0.25, 0.3) is 0 Å². The standard InChI is InChI=1S/C15H30N2O2/c1-5-6-7-8-9-16-12-10-13(11-12)17-14(18)19-15(2,3)4/h12-13,16H,5-11H2,1-4H3,(H,17,18). The number of hydrogen-bond donors (Lipinski definition) is 2. The molecule has 0 atom stereocenters. The van der Waals surface area contributed by atoms with Crippen LogP contribution in [0.4, 0.5) is 4.79 Å². The summed E-state index contributed by atoms with van der Waals surface area (Å²) in [5, 5.41) is 6.45. The number of unbranched alkanes of at least 4 members (excludes halogenated alkanes) is 3. The number of nitrogens with one attached hydrogen (secondary N) is 2. The summed E-state index contributed by atoms with van der Waals surface area (Å²) in [4.78, 5) is 11.5. The monoisotopic (exact) mass is 270 g/mol. The Morgan fingerprint density at radius 2 is 1.84 bits per heavy atom. The van der Waals surface area contributed by atoms with E-state index in [-0.39, 0.29) is 12.1 Å². The summed E-state index contributed by atoms with van der Waals surface area (Å²) in [6.07, 6.45) is 6.93. The van der Waals surface area contributed by atoms with Gasteiger partial charge in [-0.25, -0.2) is 4.79 Å². The lowest BCUT2D eigenvalue weighted by Gasteiger charge is -2.36. The Hall–Kier alpha value is -0.770. The molecule has 1 saturated carbocycles. The third kappa shape index (κ3) is 7.41. The van der Waals surface area contributed by atoms with Crippen molar-refractivity contribution in [3.05, 3.63) is 0 Å². The number of hydrogen-bond acceptors (Lipinski definition) is 3. The molecule has 0 saturated heterocycles. The van der Waals surface area contributed by atoms with Crippen LogP contribution in [-0.4, -0.2) is 30.3 Å². The van der Waals surface area contributed by atoms with Gasteiger partial charge in [-0.2, -0.15) is 0 Å². The van der Waals surface area contributed by atoms with E-state index < -0.39 is 5.60 Å². The van der Waals surface area contributed by atoms with Gasteiger partial charge >= 0.3 is 6.09 Å². The van der Waals surface area contributed by atoms with E-state index in [2.05, 4.69) is 17.6 Å². The molecular formula is C15H30N2O2. The first-order valence-corrected chi connectivity index (χ1v) is 7.63. The summed E-state index contributed by atoms with van der Waals surface area (Å²) >= 11 is 0. The van der Waals surface area contributed by atoms with E-state index in [1.165, 1.54) is 25.7 Å². The van der Waals surface area contributed by atoms with Gasteiger partial charge in [0.2, 0.25) is 0 Å². The molecule has 112 valence electrons. The minimum absolute atomic E-state index is 0.281. The molecule has 0 aromatic rings. The van der Waals surface area contributed by atoms with Gasteiger partial charge in [-0.05, 0) is 46.6 Å². The highest BCUT2D eigenvalue weighted by Crippen LogP contribution is 2.20. The molecule has 0 aliphatic heterocycles. The van der Waals surface area contributed by atoms with Gasteiger partial charge in [0.15, 0.2) is 0 Å². The van der Waals surface area contributed by atoms with Crippen molar-refractivity contribution in [2.75, 3.05) is 6.54 Å². The second-order valence-electron chi connectivity index (χ2n) is 6.53. The molecule has 19 heavy (non-hydrogen) atoms. The topological polar surface area (TPSA) is 50.4 Å². The Kier molecular flexibility index (Phi) is 6.63. The molecule has 0 spiro atoms. The number of ether oxygens (including phenoxy) is 1. The predicted molar refractivity (Wildman–Crippen MR) is 78.3 cm³/mol. The molecule has 0 radical (unpaired) electrons. The van der Waals surface area contributed by atoms with Crippen LogP contribution in [0.3, 0.4) is 0 Å². The third-order valence-electron chi connectivity index (χ3n) is 3.32. The molecule has 1 aliphatic carbocycles. The second-order valence-corrected chi connectivity index (χ2v) is 6.53. The Balaban J connectivity index is 1.99. The molecule has 1 fully saturated rings. The summed E-state index contributed by atoms with van der Waals surface area (Å²) < 4.78 is 5.23. The predicted octanol–water partition coefficient (Wildman–Crippen LogP) is 3.21. The highest BCUT2D eigenvalue weighted by molar-refractivity contribution is 5.68. The van der Waals surface area contributed by atoms with Gasteiger partial charge in [0.05, 0.1) is 0 Å². The van der Waals surface area contributed by atoms with E-state index in [4.69, 9.17) is 4.74 Å². The van der Waals surface area contributed by atoms with E-state index in [0.29, 0.717) is 6.04 Å². The fraction of sp³-hybridized carbons (Fsp3) is 0.933. The first-order valence-electron chi connectivity index (χ1n) is 7.63. The maximum atomic E-state index is 11.5. The summed E-state index contributed by atoms with van der Waals surface area (Å²) in [5.41, 5.74) is -0.412. The van der Waals surface area contributed by atoms with Crippen LogP contribution in [0, 0.1) is 0 Å². The van der Waals surface area contributed by atoms with Crippen LogP contribution < -0.4 is 10.6 Å². The summed E-state index contributed by atoms with van der Waals surface area (Å²) in [5.74, 6) is 0. The van der Waals surface area contributed by atoms with Crippen molar-refractivity contribution in [1.29, 1.82) is 0 Å². The van der Waals surface area contributed by atoms with Gasteiger partial charge < -0.3 is 15.4 Å². The van der Waals surface area contributed by atoms with Gasteiger partial charge in [-0.1, -0.05) is 26.2 Å². The number of carbonyl (C=O) groups excluding carboxylic acids is 1. The second kappa shape index (κ2) is 7.73. The number of carbonyl (C=O) groups is 1. The molecule has 2 N–H and O–H groups in total. The number of rotatable bonds is 7. The Bertz CT molecular complexity index is 268. The SMILES string of the molecule is CCCCCCNC1CC(NC(=O)OC(C)(C)C)C1. The zero-order chi connectivity index (χ0) is 14.3. The van der Waals surface area contributed by atoms with Crippen LogP contribution in [0.1, 0.15) is 66.2 Å². The Morgan fingerprint density at radius 3 is 2.42 bits per heavy atom. The van der Waals surface area contributed by atoms with Crippen molar-refractivity contribution in [1.82, 2.24) is 10.6 Å². The van der Waals surface area contributed by atoms with Crippen LogP contribution in [0.5, 0.6) is 0 Å². The van der Waals surface area contributed by atoms with Gasteiger partial charge in [-0.15, -0.1) is 0 Å². The molecule has 1 rings (SSSR count). The van der Waals surface area contributed by atoms with Crippen LogP contribution in [0.25, 0.3) is 0 Å². The average Bonchev–Trinajstić information content (AvgIpc) is 2.22. The maximum absolute atomic E-state index is 11.5. The summed E-state index contributed by atoms with van der Waals surface area (Å²) in [7, 11) is 0. The van der Waals surface area contributed by atoms with Crippen molar-refractivity contribution in [3.63, 3.8) is 0 Å². The van der Waals surface area contributed by atoms with E-state index in [1.54, 1.807) is 0 Å². The van der Waals surface area contributed by atoms with Gasteiger partial charge in [0, 0.05) is 12.1 Å². The third-order valence-corrected chi connectivity index (χ3v) is 3.32. The fourth-order valence-electron chi connectivity index (χ4n) is 2.23. The summed E-state index contributed by atoms with van der Waals surface area (Å²) in [6, 6.07) is 0.851. The maximum Gasteiger partial charge on any atom is 0.407 e. The molecule has 0 unspecified atom stereocenters. The van der Waals surface area contributed by atoms with E-state index in [9.17, 15) is 4.79 Å². The molecule has 4 nitrogen and oxygen atoms in total. The lowest BCUT2D eigenvalue weighted by molar-refractivity contribution is 0.0465. The van der Waals surface area contributed by atoms with Crippen LogP contribution in [0.15, 0.2) is 0 Å². The minimum Gasteiger partial charge on any atom is -0.444 e. The van der Waals surface area contributed by atoms with Crippen LogP contribution in [0.2, 0.25) is 0 Å². The Morgan fingerprint density at radius 1 is 1.16 bits per heavy atom. The highest BCUT2D eigenvalue weighted by Gasteiger charge is 2.30. The molecule has 1 aliphatic rings. The number of alkyl carbamates (subject to hydrolysis) is 1. The van der Waals surface area contributed by atoms with E-state index in [1.807, 2.05) is 20.8 Å². The molecule has 1 amide bonds. The molecule has 0 heterocycles. The van der Waals surface area contributed by atoms with Gasteiger partial charge in [-0.3, -0.25) is 0 Å². The largest absolute Gasteiger partial charge is 0.444 e.